The molecule has 7 heteroatoms. The highest BCUT2D eigenvalue weighted by Gasteiger charge is 2.25. The fourth-order valence-electron chi connectivity index (χ4n) is 13.0. The van der Waals surface area contributed by atoms with Crippen molar-refractivity contribution in [2.75, 3.05) is 0 Å². The van der Waals surface area contributed by atoms with Crippen molar-refractivity contribution in [1.29, 1.82) is 0 Å². The van der Waals surface area contributed by atoms with Gasteiger partial charge in [0.05, 0.1) is 67.6 Å². The first-order chi connectivity index (χ1) is 43.1. The lowest BCUT2D eigenvalue weighted by Gasteiger charge is -2.17. The Labute approximate surface area is 502 Å². The normalized spacial score (nSPS) is 12.3. The Morgan fingerprint density at radius 1 is 0.264 bits per heavy atom. The maximum atomic E-state index is 6.81. The summed E-state index contributed by atoms with van der Waals surface area (Å²) >= 11 is 0. The highest BCUT2D eigenvalue weighted by molar-refractivity contribution is 6.14. The summed E-state index contributed by atoms with van der Waals surface area (Å²) in [5, 5.41) is 5.64. The van der Waals surface area contributed by atoms with Gasteiger partial charge in [-0.3, -0.25) is 0 Å². The minimum Gasteiger partial charge on any atom is -0.460 e. The first-order valence-corrected chi connectivity index (χ1v) is 29.6. The van der Waals surface area contributed by atoms with Crippen LogP contribution >= 0.6 is 0 Å². The lowest BCUT2D eigenvalue weighted by Crippen LogP contribution is -2.03. The third-order valence-electron chi connectivity index (χ3n) is 17.2. The Bertz CT molecular complexity index is 5110. The number of aromatic nitrogens is 6. The molecule has 87 heavy (non-hydrogen) atoms. The van der Waals surface area contributed by atoms with Crippen LogP contribution in [0.15, 0.2) is 290 Å². The van der Waals surface area contributed by atoms with E-state index in [9.17, 15) is 0 Å². The van der Waals surface area contributed by atoms with Crippen LogP contribution in [0, 0.1) is 0 Å². The molecular weight excluding hydrogens is 1060 g/mol. The van der Waals surface area contributed by atoms with Gasteiger partial charge in [0.25, 0.3) is 0 Å². The summed E-state index contributed by atoms with van der Waals surface area (Å²) in [6.07, 6.45) is 3.94. The lowest BCUT2D eigenvalue weighted by atomic mass is 9.99. The van der Waals surface area contributed by atoms with Gasteiger partial charge in [-0.1, -0.05) is 170 Å². The molecule has 1 aliphatic carbocycles. The van der Waals surface area contributed by atoms with E-state index in [1.165, 1.54) is 5.70 Å². The average molecular weight is 1110 g/mol. The second-order valence-corrected chi connectivity index (χ2v) is 22.4. The number of rotatable bonds is 10. The van der Waals surface area contributed by atoms with Gasteiger partial charge >= 0.3 is 0 Å². The summed E-state index contributed by atoms with van der Waals surface area (Å²) in [7, 11) is 0. The maximum Gasteiger partial charge on any atom is 0.135 e. The summed E-state index contributed by atoms with van der Waals surface area (Å²) in [5.74, 6) is 0.997. The van der Waals surface area contributed by atoms with E-state index in [4.69, 9.17) is 24.4 Å². The minimum absolute atomic E-state index is 0.759. The summed E-state index contributed by atoms with van der Waals surface area (Å²) in [4.78, 5) is 20.9. The van der Waals surface area contributed by atoms with E-state index < -0.39 is 0 Å². The zero-order valence-electron chi connectivity index (χ0n) is 47.2. The molecule has 16 aromatic rings. The Balaban J connectivity index is 0.810. The molecule has 0 unspecified atom stereocenters. The van der Waals surface area contributed by atoms with Crippen LogP contribution in [0.4, 0.5) is 0 Å². The van der Waals surface area contributed by atoms with Crippen molar-refractivity contribution in [2.24, 2.45) is 0 Å². The molecule has 0 atom stereocenters. The monoisotopic (exact) mass is 1110 g/mol. The maximum absolute atomic E-state index is 6.81. The SMILES string of the molecule is C1=C(n2c3ccc(-c4cccc(-c5ccccc5)n4)cc3c3cc(-c4cccc(-c5ccccc5)n4)ccc32)CCc2oc3ccc(-n4c5ccc(-c6cccc(-c7ccccc7)n6)cc5c5cc(-c6cccc(-c7ccccc7)n6)ccc54)cc3c21. The average Bonchev–Trinajstić information content (AvgIpc) is 1.89. The third kappa shape index (κ3) is 8.83. The number of benzene rings is 9. The number of hydrogen-bond donors (Lipinski definition) is 0. The van der Waals surface area contributed by atoms with E-state index in [1.54, 1.807) is 0 Å². The topological polar surface area (TPSA) is 74.6 Å². The number of nitrogens with zero attached hydrogens (tertiary/aromatic N) is 6. The molecule has 408 valence electrons. The van der Waals surface area contributed by atoms with Crippen molar-refractivity contribution >= 4 is 66.4 Å². The van der Waals surface area contributed by atoms with Crippen LogP contribution in [0.2, 0.25) is 0 Å². The zero-order valence-corrected chi connectivity index (χ0v) is 47.2. The molecule has 17 rings (SSSR count). The quantitative estimate of drug-likeness (QED) is 0.136. The standard InChI is InChI=1S/C80H52N6O/c1-5-17-51(18-6-1)67-25-13-29-71(81-67)55-33-39-75-61(45-55)62-46-56(72-30-14-26-68(82-72)52-19-7-2-8-20-52)34-40-76(62)85(75)59-37-43-79-65(49-59)66-50-60(38-44-80(66)87-79)86-77-41-35-57(73-31-15-27-69(83-73)53-21-9-3-10-22-53)47-63(77)64-48-58(36-42-78(64)86)74-32-16-28-70(84-74)54-23-11-4-12-24-54/h1-37,39-43,45-50H,38,44H2. The van der Waals surface area contributed by atoms with Gasteiger partial charge in [-0.15, -0.1) is 0 Å². The van der Waals surface area contributed by atoms with Gasteiger partial charge in [-0.2, -0.15) is 0 Å². The van der Waals surface area contributed by atoms with Crippen LogP contribution in [0.25, 0.3) is 162 Å². The molecule has 0 bridgehead atoms. The van der Waals surface area contributed by atoms with Crippen LogP contribution in [0.5, 0.6) is 0 Å². The number of fused-ring (bicyclic) bond motifs is 9. The van der Waals surface area contributed by atoms with Crippen molar-refractivity contribution in [3.63, 3.8) is 0 Å². The highest BCUT2D eigenvalue weighted by atomic mass is 16.3. The molecular formula is C80H52N6O. The smallest absolute Gasteiger partial charge is 0.135 e. The van der Waals surface area contributed by atoms with Crippen molar-refractivity contribution in [3.8, 4) is 95.7 Å². The van der Waals surface area contributed by atoms with E-state index >= 15 is 0 Å². The molecule has 7 heterocycles. The fourth-order valence-corrected chi connectivity index (χ4v) is 13.0. The van der Waals surface area contributed by atoms with E-state index in [-0.39, 0.29) is 0 Å². The largest absolute Gasteiger partial charge is 0.460 e. The number of hydrogen-bond acceptors (Lipinski definition) is 5. The van der Waals surface area contributed by atoms with E-state index in [0.717, 1.165) is 174 Å². The minimum atomic E-state index is 0.759. The first-order valence-electron chi connectivity index (χ1n) is 29.6. The Hall–Kier alpha value is -11.5. The molecule has 0 spiro atoms. The molecule has 0 saturated carbocycles. The summed E-state index contributed by atoms with van der Waals surface area (Å²) in [6.45, 7) is 0. The van der Waals surface area contributed by atoms with Gasteiger partial charge in [0.2, 0.25) is 0 Å². The second kappa shape index (κ2) is 20.7. The predicted octanol–water partition coefficient (Wildman–Crippen LogP) is 20.5. The number of aryl methyl sites for hydroxylation is 1. The fraction of sp³-hybridized carbons (Fsp3) is 0.0250. The van der Waals surface area contributed by atoms with Crippen LogP contribution in [-0.2, 0) is 6.42 Å². The Morgan fingerprint density at radius 2 is 0.598 bits per heavy atom. The van der Waals surface area contributed by atoms with Crippen LogP contribution in [0.3, 0.4) is 0 Å². The van der Waals surface area contributed by atoms with E-state index in [2.05, 4.69) is 276 Å². The molecule has 0 saturated heterocycles. The molecule has 0 fully saturated rings. The molecule has 0 amide bonds. The van der Waals surface area contributed by atoms with Crippen molar-refractivity contribution in [2.45, 2.75) is 12.8 Å². The van der Waals surface area contributed by atoms with Crippen LogP contribution in [-0.4, -0.2) is 29.1 Å². The molecule has 9 aromatic carbocycles. The lowest BCUT2D eigenvalue weighted by molar-refractivity contribution is 0.546. The van der Waals surface area contributed by atoms with Gasteiger partial charge in [0.1, 0.15) is 11.3 Å². The molecule has 0 radical (unpaired) electrons. The van der Waals surface area contributed by atoms with Gasteiger partial charge in [0, 0.05) is 94.8 Å². The van der Waals surface area contributed by atoms with Crippen molar-refractivity contribution in [1.82, 2.24) is 29.1 Å². The predicted molar refractivity (Wildman–Crippen MR) is 357 cm³/mol. The van der Waals surface area contributed by atoms with Gasteiger partial charge in [0.15, 0.2) is 0 Å². The van der Waals surface area contributed by atoms with Gasteiger partial charge < -0.3 is 13.6 Å². The first kappa shape index (κ1) is 50.0. The third-order valence-corrected chi connectivity index (χ3v) is 17.2. The zero-order chi connectivity index (χ0) is 57.4. The van der Waals surface area contributed by atoms with E-state index in [1.807, 2.05) is 24.3 Å². The van der Waals surface area contributed by atoms with Crippen LogP contribution < -0.4 is 0 Å². The van der Waals surface area contributed by atoms with Crippen molar-refractivity contribution < 1.29 is 4.42 Å². The number of pyridine rings is 4. The molecule has 7 aromatic heterocycles. The van der Waals surface area contributed by atoms with Gasteiger partial charge in [-0.05, 0) is 128 Å². The Kier molecular flexibility index (Phi) is 11.9. The molecule has 7 nitrogen and oxygen atoms in total. The highest BCUT2D eigenvalue weighted by Crippen LogP contribution is 2.44. The number of allylic oxidation sites excluding steroid dienone is 1. The number of furan rings is 1. The van der Waals surface area contributed by atoms with E-state index in [0.29, 0.717) is 0 Å². The van der Waals surface area contributed by atoms with Crippen LogP contribution in [0.1, 0.15) is 17.7 Å². The second-order valence-electron chi connectivity index (χ2n) is 22.4. The summed E-state index contributed by atoms with van der Waals surface area (Å²) < 4.78 is 11.7. The van der Waals surface area contributed by atoms with Gasteiger partial charge in [-0.25, -0.2) is 19.9 Å². The molecule has 0 aliphatic heterocycles. The summed E-state index contributed by atoms with van der Waals surface area (Å²) in [6, 6.07) is 101. The Morgan fingerprint density at radius 3 is 0.954 bits per heavy atom. The summed E-state index contributed by atoms with van der Waals surface area (Å²) in [5.41, 5.74) is 24.7. The molecule has 1 aliphatic rings. The molecule has 0 N–H and O–H groups in total. The van der Waals surface area contributed by atoms with Crippen molar-refractivity contribution in [3.05, 3.63) is 296 Å².